The van der Waals surface area contributed by atoms with Crippen LogP contribution >= 0.6 is 0 Å². The molecule has 0 bridgehead atoms. The van der Waals surface area contributed by atoms with Crippen molar-refractivity contribution in [3.8, 4) is 0 Å². The summed E-state index contributed by atoms with van der Waals surface area (Å²) in [6.45, 7) is 3.71. The number of hydrogen-bond acceptors (Lipinski definition) is 2. The van der Waals surface area contributed by atoms with Gasteiger partial charge in [0.1, 0.15) is 0 Å². The number of hydrogen-bond donors (Lipinski definition) is 2. The first-order valence-corrected chi connectivity index (χ1v) is 4.91. The van der Waals surface area contributed by atoms with E-state index in [0.717, 1.165) is 12.0 Å². The first-order chi connectivity index (χ1) is 5.47. The average molecular weight is 154 g/mol. The van der Waals surface area contributed by atoms with Crippen LogP contribution < -0.4 is 10.6 Å². The highest BCUT2D eigenvalue weighted by Gasteiger charge is 2.25. The van der Waals surface area contributed by atoms with E-state index in [0.29, 0.717) is 0 Å². The second-order valence-electron chi connectivity index (χ2n) is 3.79. The molecule has 2 rings (SSSR count). The van der Waals surface area contributed by atoms with E-state index in [4.69, 9.17) is 0 Å². The summed E-state index contributed by atoms with van der Waals surface area (Å²) in [6, 6.07) is 0.832. The van der Waals surface area contributed by atoms with Gasteiger partial charge >= 0.3 is 0 Å². The van der Waals surface area contributed by atoms with Crippen LogP contribution in [0.15, 0.2) is 0 Å². The first-order valence-electron chi connectivity index (χ1n) is 4.91. The van der Waals surface area contributed by atoms with E-state index < -0.39 is 0 Å². The summed E-state index contributed by atoms with van der Waals surface area (Å²) >= 11 is 0. The maximum Gasteiger partial charge on any atom is 0.0108 e. The zero-order chi connectivity index (χ0) is 7.52. The molecule has 2 fully saturated rings. The number of fused-ring (bicyclic) bond motifs is 1. The zero-order valence-corrected chi connectivity index (χ0v) is 7.10. The molecular formula is C9H18N2. The van der Waals surface area contributed by atoms with Gasteiger partial charge in [-0.2, -0.15) is 0 Å². The van der Waals surface area contributed by atoms with Crippen LogP contribution in [0.1, 0.15) is 25.7 Å². The molecule has 2 saturated heterocycles. The van der Waals surface area contributed by atoms with Crippen molar-refractivity contribution in [2.24, 2.45) is 5.92 Å². The minimum atomic E-state index is 0.832. The molecule has 0 aromatic carbocycles. The Kier molecular flexibility index (Phi) is 2.44. The topological polar surface area (TPSA) is 24.1 Å². The predicted octanol–water partition coefficient (Wildman–Crippen LogP) is 0.738. The number of piperidine rings is 1. The van der Waals surface area contributed by atoms with Crippen LogP contribution in [0.3, 0.4) is 0 Å². The lowest BCUT2D eigenvalue weighted by Crippen LogP contribution is -2.41. The van der Waals surface area contributed by atoms with Gasteiger partial charge in [0.25, 0.3) is 0 Å². The number of rotatable bonds is 0. The van der Waals surface area contributed by atoms with E-state index in [1.165, 1.54) is 45.3 Å². The minimum Gasteiger partial charge on any atom is -0.317 e. The van der Waals surface area contributed by atoms with Gasteiger partial charge < -0.3 is 10.6 Å². The normalized spacial score (nSPS) is 39.3. The van der Waals surface area contributed by atoms with Crippen molar-refractivity contribution in [3.63, 3.8) is 0 Å². The number of nitrogens with one attached hydrogen (secondary N) is 2. The Morgan fingerprint density at radius 1 is 0.909 bits per heavy atom. The fraction of sp³-hybridized carbons (Fsp3) is 1.00. The van der Waals surface area contributed by atoms with Crippen LogP contribution in [-0.4, -0.2) is 25.7 Å². The molecule has 0 amide bonds. The highest BCUT2D eigenvalue weighted by atomic mass is 15.0. The van der Waals surface area contributed by atoms with Crippen LogP contribution in [0.25, 0.3) is 0 Å². The van der Waals surface area contributed by atoms with Crippen molar-refractivity contribution in [2.75, 3.05) is 19.6 Å². The van der Waals surface area contributed by atoms with Crippen molar-refractivity contribution >= 4 is 0 Å². The van der Waals surface area contributed by atoms with Gasteiger partial charge in [0.05, 0.1) is 0 Å². The smallest absolute Gasteiger partial charge is 0.0108 e. The lowest BCUT2D eigenvalue weighted by Gasteiger charge is -2.30. The van der Waals surface area contributed by atoms with Crippen molar-refractivity contribution < 1.29 is 0 Å². The third kappa shape index (κ3) is 1.74. The Bertz CT molecular complexity index is 111. The molecule has 2 nitrogen and oxygen atoms in total. The quantitative estimate of drug-likeness (QED) is 0.538. The van der Waals surface area contributed by atoms with E-state index in [1.807, 2.05) is 0 Å². The Morgan fingerprint density at radius 2 is 1.82 bits per heavy atom. The SMILES string of the molecule is C1CNC2CCNCCC2C1. The maximum atomic E-state index is 3.62. The Morgan fingerprint density at radius 3 is 2.82 bits per heavy atom. The van der Waals surface area contributed by atoms with Crippen LogP contribution in [0.2, 0.25) is 0 Å². The van der Waals surface area contributed by atoms with Gasteiger partial charge in [-0.15, -0.1) is 0 Å². The van der Waals surface area contributed by atoms with E-state index >= 15 is 0 Å². The molecule has 2 atom stereocenters. The van der Waals surface area contributed by atoms with Gasteiger partial charge in [-0.25, -0.2) is 0 Å². The molecule has 2 aliphatic heterocycles. The second kappa shape index (κ2) is 3.55. The molecule has 0 aromatic heterocycles. The first kappa shape index (κ1) is 7.56. The predicted molar refractivity (Wildman–Crippen MR) is 46.6 cm³/mol. The van der Waals surface area contributed by atoms with Gasteiger partial charge in [0.15, 0.2) is 0 Å². The summed E-state index contributed by atoms with van der Waals surface area (Å²) in [5.41, 5.74) is 0. The largest absolute Gasteiger partial charge is 0.317 e. The van der Waals surface area contributed by atoms with Gasteiger partial charge in [-0.05, 0) is 51.2 Å². The molecule has 0 saturated carbocycles. The van der Waals surface area contributed by atoms with E-state index in [1.54, 1.807) is 0 Å². The summed E-state index contributed by atoms with van der Waals surface area (Å²) in [5.74, 6) is 0.971. The molecule has 2 heterocycles. The summed E-state index contributed by atoms with van der Waals surface area (Å²) in [6.07, 6.45) is 5.57. The van der Waals surface area contributed by atoms with Crippen LogP contribution in [0.5, 0.6) is 0 Å². The van der Waals surface area contributed by atoms with Crippen molar-refractivity contribution in [1.82, 2.24) is 10.6 Å². The van der Waals surface area contributed by atoms with Crippen molar-refractivity contribution in [1.29, 1.82) is 0 Å². The Labute approximate surface area is 68.7 Å². The standard InChI is InChI=1S/C9H18N2/c1-2-8-3-6-10-7-4-9(8)11-5-1/h8-11H,1-7H2. The Balaban J connectivity index is 1.93. The van der Waals surface area contributed by atoms with Gasteiger partial charge in [-0.1, -0.05) is 0 Å². The second-order valence-corrected chi connectivity index (χ2v) is 3.79. The molecule has 0 aromatic rings. The molecule has 64 valence electrons. The fourth-order valence-electron chi connectivity index (χ4n) is 2.37. The molecular weight excluding hydrogens is 136 g/mol. The molecule has 0 aliphatic carbocycles. The lowest BCUT2D eigenvalue weighted by atomic mass is 9.87. The maximum absolute atomic E-state index is 3.62. The highest BCUT2D eigenvalue weighted by Crippen LogP contribution is 2.22. The molecule has 2 aliphatic rings. The molecule has 11 heavy (non-hydrogen) atoms. The third-order valence-electron chi connectivity index (χ3n) is 3.05. The summed E-state index contributed by atoms with van der Waals surface area (Å²) in [7, 11) is 0. The monoisotopic (exact) mass is 154 g/mol. The van der Waals surface area contributed by atoms with Crippen LogP contribution in [0.4, 0.5) is 0 Å². The minimum absolute atomic E-state index is 0.832. The fourth-order valence-corrected chi connectivity index (χ4v) is 2.37. The van der Waals surface area contributed by atoms with Gasteiger partial charge in [0.2, 0.25) is 0 Å². The summed E-state index contributed by atoms with van der Waals surface area (Å²) < 4.78 is 0. The van der Waals surface area contributed by atoms with E-state index in [-0.39, 0.29) is 0 Å². The molecule has 2 unspecified atom stereocenters. The average Bonchev–Trinajstić information content (AvgIpc) is 2.28. The zero-order valence-electron chi connectivity index (χ0n) is 7.10. The van der Waals surface area contributed by atoms with Crippen molar-refractivity contribution in [2.45, 2.75) is 31.7 Å². The highest BCUT2D eigenvalue weighted by molar-refractivity contribution is 4.84. The third-order valence-corrected chi connectivity index (χ3v) is 3.05. The Hall–Kier alpha value is -0.0800. The molecule has 2 heteroatoms. The van der Waals surface area contributed by atoms with Crippen molar-refractivity contribution in [3.05, 3.63) is 0 Å². The molecule has 0 spiro atoms. The van der Waals surface area contributed by atoms with Gasteiger partial charge in [-0.3, -0.25) is 0 Å². The summed E-state index contributed by atoms with van der Waals surface area (Å²) in [4.78, 5) is 0. The van der Waals surface area contributed by atoms with E-state index in [2.05, 4.69) is 10.6 Å². The molecule has 2 N–H and O–H groups in total. The lowest BCUT2D eigenvalue weighted by molar-refractivity contribution is 0.273. The van der Waals surface area contributed by atoms with Crippen LogP contribution in [-0.2, 0) is 0 Å². The molecule has 0 radical (unpaired) electrons. The van der Waals surface area contributed by atoms with Crippen LogP contribution in [0, 0.1) is 5.92 Å². The van der Waals surface area contributed by atoms with E-state index in [9.17, 15) is 0 Å². The van der Waals surface area contributed by atoms with Gasteiger partial charge in [0, 0.05) is 6.04 Å². The summed E-state index contributed by atoms with van der Waals surface area (Å²) in [5, 5.41) is 7.08.